The topological polar surface area (TPSA) is 173 Å². The minimum Gasteiger partial charge on any atom is -0.808 e. The van der Waals surface area contributed by atoms with Crippen molar-refractivity contribution in [2.24, 2.45) is 5.73 Å². The second kappa shape index (κ2) is 16.0. The molecule has 0 aromatic heterocycles. The van der Waals surface area contributed by atoms with Crippen LogP contribution in [0.2, 0.25) is 0 Å². The number of rotatable bonds is 5. The van der Waals surface area contributed by atoms with Crippen molar-refractivity contribution in [1.82, 2.24) is 0 Å². The fourth-order valence-corrected chi connectivity index (χ4v) is 2.83. The fourth-order valence-electron chi connectivity index (χ4n) is 0.763. The Hall–Kier alpha value is 4.51. The van der Waals surface area contributed by atoms with E-state index in [2.05, 4.69) is 0 Å². The van der Waals surface area contributed by atoms with E-state index < -0.39 is 26.7 Å². The predicted octanol–water partition coefficient (Wildman–Crippen LogP) is -15.4. The Morgan fingerprint density at radius 3 is 1.37 bits per heavy atom. The molecule has 15 heteroatoms. The van der Waals surface area contributed by atoms with Crippen molar-refractivity contribution in [3.8, 4) is 0 Å². The molecule has 0 rings (SSSR count). The molecule has 0 aromatic rings. The van der Waals surface area contributed by atoms with Crippen LogP contribution in [0, 0.1) is 0 Å². The van der Waals surface area contributed by atoms with Gasteiger partial charge >= 0.3 is 118 Å². The molecule has 0 aliphatic rings. The maximum Gasteiger partial charge on any atom is 1.00 e. The normalized spacial score (nSPS) is 10.6. The average molecular weight is 373 g/mol. The second-order valence-corrected chi connectivity index (χ2v) is 6.48. The smallest absolute Gasteiger partial charge is 0.808 e. The number of hydrogen-bond donors (Lipinski definition) is 2. The third-order valence-electron chi connectivity index (χ3n) is 1.59. The SMILES string of the molecule is Cl.NCCCC(O)(P(=O)([O-])[O-])P(=O)([O-])[O-].[Na+].[Na+].[Na+].[Na+]. The summed E-state index contributed by atoms with van der Waals surface area (Å²) in [5.74, 6) is 0. The van der Waals surface area contributed by atoms with Gasteiger partial charge in [0.25, 0.3) is 0 Å². The molecule has 0 saturated carbocycles. The molecule has 0 amide bonds. The third kappa shape index (κ3) is 12.5. The van der Waals surface area contributed by atoms with Gasteiger partial charge < -0.3 is 39.5 Å². The van der Waals surface area contributed by atoms with E-state index in [9.17, 15) is 28.7 Å². The van der Waals surface area contributed by atoms with E-state index >= 15 is 0 Å². The van der Waals surface area contributed by atoms with Gasteiger partial charge in [0.2, 0.25) is 0 Å². The van der Waals surface area contributed by atoms with Crippen LogP contribution in [-0.4, -0.2) is 16.7 Å². The van der Waals surface area contributed by atoms with Crippen LogP contribution in [0.5, 0.6) is 0 Å². The summed E-state index contributed by atoms with van der Waals surface area (Å²) in [7, 11) is -11.9. The maximum atomic E-state index is 10.4. The van der Waals surface area contributed by atoms with Crippen LogP contribution < -0.4 is 144 Å². The molecule has 94 valence electrons. The van der Waals surface area contributed by atoms with Gasteiger partial charge in [-0.2, -0.15) is 0 Å². The number of nitrogens with two attached hydrogens (primary N) is 1. The number of hydrogen-bond acceptors (Lipinski definition) is 8. The molecule has 0 spiro atoms. The Labute approximate surface area is 206 Å². The molecule has 0 bridgehead atoms. The first kappa shape index (κ1) is 38.9. The first-order valence-corrected chi connectivity index (χ1v) is 6.61. The van der Waals surface area contributed by atoms with Gasteiger partial charge in [-0.3, -0.25) is 0 Å². The van der Waals surface area contributed by atoms with Crippen molar-refractivity contribution in [3.05, 3.63) is 0 Å². The van der Waals surface area contributed by atoms with Gasteiger partial charge in [0, 0.05) is 0 Å². The van der Waals surface area contributed by atoms with Crippen LogP contribution in [-0.2, 0) is 9.13 Å². The van der Waals surface area contributed by atoms with Crippen molar-refractivity contribution in [2.45, 2.75) is 17.9 Å². The monoisotopic (exact) mass is 373 g/mol. The minimum atomic E-state index is -5.93. The van der Waals surface area contributed by atoms with Crippen molar-refractivity contribution in [1.29, 1.82) is 0 Å². The Morgan fingerprint density at radius 1 is 0.947 bits per heavy atom. The molecule has 0 unspecified atom stereocenters. The molecule has 0 aliphatic heterocycles. The molecule has 0 aliphatic carbocycles. The van der Waals surface area contributed by atoms with E-state index in [1.54, 1.807) is 0 Å². The summed E-state index contributed by atoms with van der Waals surface area (Å²) in [4.78, 5) is 41.7. The van der Waals surface area contributed by atoms with E-state index in [-0.39, 0.29) is 144 Å². The summed E-state index contributed by atoms with van der Waals surface area (Å²) in [6.07, 6.45) is -1.27. The summed E-state index contributed by atoms with van der Waals surface area (Å²) in [6.45, 7) is -0.150. The Balaban J connectivity index is -0.0000000845. The standard InChI is InChI=1S/C4H13NO7P2.ClH.4Na/c5-3-1-2-4(6,13(7,8)9)14(10,11)12;;;;;/h6H,1-3,5H2,(H2,7,8,9)(H2,10,11,12);1H;;;;/q;;4*+1/p-4. The van der Waals surface area contributed by atoms with Crippen molar-refractivity contribution >= 4 is 27.6 Å². The molecular formula is C4H10ClNNa4O7P2. The summed E-state index contributed by atoms with van der Waals surface area (Å²) in [5.41, 5.74) is 4.92. The van der Waals surface area contributed by atoms with E-state index in [0.717, 1.165) is 0 Å². The van der Waals surface area contributed by atoms with Gasteiger partial charge in [0.1, 0.15) is 5.08 Å². The third-order valence-corrected chi connectivity index (χ3v) is 5.26. The van der Waals surface area contributed by atoms with Crippen molar-refractivity contribution < 1.29 is 152 Å². The quantitative estimate of drug-likeness (QED) is 0.353. The zero-order chi connectivity index (χ0) is 11.6. The second-order valence-electron chi connectivity index (χ2n) is 2.66. The zero-order valence-corrected chi connectivity index (χ0v) is 22.0. The molecule has 19 heavy (non-hydrogen) atoms. The number of halogens is 1. The summed E-state index contributed by atoms with van der Waals surface area (Å²) in [5, 5.41) is 5.22. The van der Waals surface area contributed by atoms with Gasteiger partial charge in [-0.15, -0.1) is 12.4 Å². The van der Waals surface area contributed by atoms with Crippen LogP contribution in [0.1, 0.15) is 12.8 Å². The zero-order valence-electron chi connectivity index (χ0n) is 11.4. The van der Waals surface area contributed by atoms with Gasteiger partial charge in [0.05, 0.1) is 0 Å². The molecular weight excluding hydrogens is 363 g/mol. The molecule has 0 heterocycles. The Bertz CT molecular complexity index is 277. The van der Waals surface area contributed by atoms with Crippen LogP contribution in [0.3, 0.4) is 0 Å². The van der Waals surface area contributed by atoms with Crippen LogP contribution >= 0.6 is 27.6 Å². The van der Waals surface area contributed by atoms with Gasteiger partial charge in [-0.25, -0.2) is 0 Å². The van der Waals surface area contributed by atoms with Crippen LogP contribution in [0.25, 0.3) is 0 Å². The molecule has 0 atom stereocenters. The molecule has 0 radical (unpaired) electrons. The predicted molar refractivity (Wildman–Crippen MR) is 45.7 cm³/mol. The average Bonchev–Trinajstić information content (AvgIpc) is 1.95. The Morgan fingerprint density at radius 2 is 1.21 bits per heavy atom. The van der Waals surface area contributed by atoms with E-state index in [1.165, 1.54) is 0 Å². The minimum absolute atomic E-state index is 0. The summed E-state index contributed by atoms with van der Waals surface area (Å²) in [6, 6.07) is 0. The first-order chi connectivity index (χ1) is 6.06. The number of aliphatic hydroxyl groups is 1. The van der Waals surface area contributed by atoms with Crippen molar-refractivity contribution in [2.75, 3.05) is 6.54 Å². The Kier molecular flexibility index (Phi) is 32.7. The summed E-state index contributed by atoms with van der Waals surface area (Å²) < 4.78 is 20.8. The van der Waals surface area contributed by atoms with Crippen LogP contribution in [0.4, 0.5) is 0 Å². The van der Waals surface area contributed by atoms with Crippen molar-refractivity contribution in [3.63, 3.8) is 0 Å². The van der Waals surface area contributed by atoms with E-state index in [1.807, 2.05) is 0 Å². The molecule has 3 N–H and O–H groups in total. The molecule has 0 saturated heterocycles. The van der Waals surface area contributed by atoms with E-state index in [4.69, 9.17) is 10.8 Å². The maximum absolute atomic E-state index is 10.4. The van der Waals surface area contributed by atoms with E-state index in [0.29, 0.717) is 0 Å². The summed E-state index contributed by atoms with van der Waals surface area (Å²) >= 11 is 0. The first-order valence-electron chi connectivity index (χ1n) is 3.53. The van der Waals surface area contributed by atoms with Gasteiger partial charge in [-0.1, -0.05) is 0 Å². The van der Waals surface area contributed by atoms with Crippen LogP contribution in [0.15, 0.2) is 0 Å². The largest absolute Gasteiger partial charge is 1.00 e. The molecule has 8 nitrogen and oxygen atoms in total. The van der Waals surface area contributed by atoms with Gasteiger partial charge in [-0.05, 0) is 34.6 Å². The van der Waals surface area contributed by atoms with Gasteiger partial charge in [0.15, 0.2) is 0 Å². The fraction of sp³-hybridized carbons (Fsp3) is 1.00. The molecule has 0 fully saturated rings. The molecule has 0 aromatic carbocycles.